The van der Waals surface area contributed by atoms with Crippen LogP contribution in [0.5, 0.6) is 0 Å². The Labute approximate surface area is 147 Å². The van der Waals surface area contributed by atoms with Crippen LogP contribution >= 0.6 is 0 Å². The quantitative estimate of drug-likeness (QED) is 0.703. The molecule has 0 bridgehead atoms. The number of amides is 1. The number of pyridine rings is 2. The molecule has 4 heteroatoms. The minimum Gasteiger partial charge on any atom is -0.336 e. The fraction of sp³-hybridized carbons (Fsp3) is 0.286. The molecule has 0 saturated carbocycles. The molecule has 126 valence electrons. The van der Waals surface area contributed by atoms with Gasteiger partial charge in [-0.05, 0) is 50.5 Å². The molecule has 1 aliphatic heterocycles. The third kappa shape index (κ3) is 3.00. The smallest absolute Gasteiger partial charge is 0.254 e. The zero-order valence-electron chi connectivity index (χ0n) is 14.4. The number of para-hydroxylation sites is 1. The number of hydrogen-bond donors (Lipinski definition) is 0. The third-order valence-electron chi connectivity index (χ3n) is 4.99. The van der Waals surface area contributed by atoms with Crippen LogP contribution in [0, 0.1) is 0 Å². The molecule has 0 spiro atoms. The van der Waals surface area contributed by atoms with Crippen molar-refractivity contribution in [1.29, 1.82) is 0 Å². The highest BCUT2D eigenvalue weighted by atomic mass is 16.2. The maximum absolute atomic E-state index is 13.3. The number of benzene rings is 1. The summed E-state index contributed by atoms with van der Waals surface area (Å²) in [4.78, 5) is 24.1. The number of likely N-dealkylation sites (tertiary alicyclic amines) is 1. The van der Waals surface area contributed by atoms with Gasteiger partial charge < -0.3 is 4.90 Å². The fourth-order valence-corrected chi connectivity index (χ4v) is 3.58. The molecule has 3 aromatic rings. The summed E-state index contributed by atoms with van der Waals surface area (Å²) < 4.78 is 0. The number of nitrogens with zero attached hydrogens (tertiary/aromatic N) is 3. The first kappa shape index (κ1) is 15.8. The second-order valence-electron chi connectivity index (χ2n) is 6.65. The lowest BCUT2D eigenvalue weighted by Crippen LogP contribution is -2.42. The maximum Gasteiger partial charge on any atom is 0.254 e. The number of carbonyl (C=O) groups excluding carboxylic acids is 1. The second kappa shape index (κ2) is 6.63. The molecule has 1 atom stereocenters. The van der Waals surface area contributed by atoms with Crippen LogP contribution in [-0.2, 0) is 0 Å². The predicted octanol–water partition coefficient (Wildman–Crippen LogP) is 4.31. The maximum atomic E-state index is 13.3. The summed E-state index contributed by atoms with van der Waals surface area (Å²) in [5.41, 5.74) is 3.38. The van der Waals surface area contributed by atoms with Gasteiger partial charge in [-0.15, -0.1) is 0 Å². The van der Waals surface area contributed by atoms with E-state index in [4.69, 9.17) is 4.98 Å². The summed E-state index contributed by atoms with van der Waals surface area (Å²) in [5, 5.41) is 0.920. The van der Waals surface area contributed by atoms with Crippen molar-refractivity contribution >= 4 is 16.8 Å². The van der Waals surface area contributed by atoms with Gasteiger partial charge in [0.25, 0.3) is 5.91 Å². The minimum atomic E-state index is 0.112. The molecule has 2 aromatic heterocycles. The van der Waals surface area contributed by atoms with Crippen molar-refractivity contribution in [1.82, 2.24) is 14.9 Å². The molecular formula is C21H21N3O. The van der Waals surface area contributed by atoms with Gasteiger partial charge in [0.15, 0.2) is 0 Å². The van der Waals surface area contributed by atoms with E-state index in [1.807, 2.05) is 47.4 Å². The highest BCUT2D eigenvalue weighted by Gasteiger charge is 2.26. The molecule has 3 heterocycles. The number of aromatic nitrogens is 2. The van der Waals surface area contributed by atoms with Gasteiger partial charge in [0.1, 0.15) is 0 Å². The molecule has 0 aliphatic carbocycles. The lowest BCUT2D eigenvalue weighted by Gasteiger charge is -2.33. The number of carbonyl (C=O) groups is 1. The van der Waals surface area contributed by atoms with Crippen molar-refractivity contribution in [3.63, 3.8) is 0 Å². The van der Waals surface area contributed by atoms with Gasteiger partial charge in [0, 0.05) is 35.9 Å². The first-order valence-electron chi connectivity index (χ1n) is 8.85. The van der Waals surface area contributed by atoms with Crippen LogP contribution in [0.25, 0.3) is 22.2 Å². The lowest BCUT2D eigenvalue weighted by molar-refractivity contribution is 0.0637. The average Bonchev–Trinajstić information content (AvgIpc) is 2.67. The fourth-order valence-electron chi connectivity index (χ4n) is 3.58. The van der Waals surface area contributed by atoms with Crippen molar-refractivity contribution in [3.05, 3.63) is 60.4 Å². The zero-order valence-corrected chi connectivity index (χ0v) is 14.4. The Morgan fingerprint density at radius 1 is 1.12 bits per heavy atom. The number of fused-ring (bicyclic) bond motifs is 1. The molecule has 1 unspecified atom stereocenters. The Kier molecular flexibility index (Phi) is 4.18. The summed E-state index contributed by atoms with van der Waals surface area (Å²) in [6.07, 6.45) is 6.85. The highest BCUT2D eigenvalue weighted by molar-refractivity contribution is 6.07. The summed E-state index contributed by atoms with van der Waals surface area (Å²) >= 11 is 0. The van der Waals surface area contributed by atoms with Crippen molar-refractivity contribution in [2.75, 3.05) is 6.54 Å². The zero-order chi connectivity index (χ0) is 17.2. The lowest BCUT2D eigenvalue weighted by atomic mass is 9.99. The van der Waals surface area contributed by atoms with Crippen molar-refractivity contribution in [2.45, 2.75) is 32.2 Å². The Balaban J connectivity index is 1.85. The topological polar surface area (TPSA) is 46.1 Å². The first-order valence-corrected chi connectivity index (χ1v) is 8.85. The van der Waals surface area contributed by atoms with E-state index >= 15 is 0 Å². The average molecular weight is 331 g/mol. The van der Waals surface area contributed by atoms with Gasteiger partial charge in [0.05, 0.1) is 16.8 Å². The van der Waals surface area contributed by atoms with Crippen LogP contribution in [0.1, 0.15) is 36.5 Å². The molecule has 4 nitrogen and oxygen atoms in total. The van der Waals surface area contributed by atoms with Crippen molar-refractivity contribution < 1.29 is 4.79 Å². The third-order valence-corrected chi connectivity index (χ3v) is 4.99. The number of rotatable bonds is 2. The summed E-state index contributed by atoms with van der Waals surface area (Å²) in [6.45, 7) is 2.98. The van der Waals surface area contributed by atoms with Gasteiger partial charge in [-0.25, -0.2) is 4.98 Å². The van der Waals surface area contributed by atoms with E-state index in [1.54, 1.807) is 12.4 Å². The summed E-state index contributed by atoms with van der Waals surface area (Å²) in [7, 11) is 0. The van der Waals surface area contributed by atoms with Gasteiger partial charge in [-0.1, -0.05) is 18.2 Å². The Hall–Kier alpha value is -2.75. The van der Waals surface area contributed by atoms with E-state index in [0.29, 0.717) is 0 Å². The Morgan fingerprint density at radius 3 is 2.72 bits per heavy atom. The second-order valence-corrected chi connectivity index (χ2v) is 6.65. The van der Waals surface area contributed by atoms with E-state index in [1.165, 1.54) is 6.42 Å². The van der Waals surface area contributed by atoms with Crippen LogP contribution in [0.4, 0.5) is 0 Å². The summed E-state index contributed by atoms with van der Waals surface area (Å²) in [5.74, 6) is 0.112. The van der Waals surface area contributed by atoms with Crippen LogP contribution in [-0.4, -0.2) is 33.4 Å². The van der Waals surface area contributed by atoms with E-state index in [9.17, 15) is 4.79 Å². The van der Waals surface area contributed by atoms with Crippen LogP contribution in [0.2, 0.25) is 0 Å². The van der Waals surface area contributed by atoms with E-state index in [0.717, 1.165) is 47.1 Å². The SMILES string of the molecule is CC1CCCCN1C(=O)c1cc(-c2ccncc2)nc2ccccc12. The molecule has 4 rings (SSSR count). The summed E-state index contributed by atoms with van der Waals surface area (Å²) in [6, 6.07) is 14.0. The van der Waals surface area contributed by atoms with Crippen molar-refractivity contribution in [3.8, 4) is 11.3 Å². The van der Waals surface area contributed by atoms with Gasteiger partial charge in [0.2, 0.25) is 0 Å². The minimum absolute atomic E-state index is 0.112. The number of hydrogen-bond acceptors (Lipinski definition) is 3. The normalized spacial score (nSPS) is 17.6. The molecular weight excluding hydrogens is 310 g/mol. The predicted molar refractivity (Wildman–Crippen MR) is 99.3 cm³/mol. The highest BCUT2D eigenvalue weighted by Crippen LogP contribution is 2.27. The Bertz CT molecular complexity index is 907. The van der Waals surface area contributed by atoms with Gasteiger partial charge in [-0.3, -0.25) is 9.78 Å². The molecule has 1 aromatic carbocycles. The van der Waals surface area contributed by atoms with E-state index in [2.05, 4.69) is 11.9 Å². The largest absolute Gasteiger partial charge is 0.336 e. The monoisotopic (exact) mass is 331 g/mol. The molecule has 25 heavy (non-hydrogen) atoms. The van der Waals surface area contributed by atoms with E-state index in [-0.39, 0.29) is 11.9 Å². The molecule has 1 amide bonds. The standard InChI is InChI=1S/C21H21N3O/c1-15-6-4-5-13-24(15)21(25)18-14-20(16-9-11-22-12-10-16)23-19-8-3-2-7-17(18)19/h2-3,7-12,14-15H,4-6,13H2,1H3. The van der Waals surface area contributed by atoms with Crippen LogP contribution in [0.15, 0.2) is 54.9 Å². The molecule has 1 saturated heterocycles. The molecule has 1 fully saturated rings. The molecule has 0 N–H and O–H groups in total. The van der Waals surface area contributed by atoms with Gasteiger partial charge >= 0.3 is 0 Å². The van der Waals surface area contributed by atoms with E-state index < -0.39 is 0 Å². The first-order chi connectivity index (χ1) is 12.2. The molecule has 1 aliphatic rings. The van der Waals surface area contributed by atoms with Gasteiger partial charge in [-0.2, -0.15) is 0 Å². The van der Waals surface area contributed by atoms with Crippen molar-refractivity contribution in [2.24, 2.45) is 0 Å². The Morgan fingerprint density at radius 2 is 1.92 bits per heavy atom. The van der Waals surface area contributed by atoms with Crippen LogP contribution < -0.4 is 0 Å². The molecule has 0 radical (unpaired) electrons. The van der Waals surface area contributed by atoms with Crippen LogP contribution in [0.3, 0.4) is 0 Å². The number of piperidine rings is 1.